The van der Waals surface area contributed by atoms with Gasteiger partial charge in [0.15, 0.2) is 0 Å². The van der Waals surface area contributed by atoms with Gasteiger partial charge in [-0.2, -0.15) is 31.4 Å². The number of alkyl halides is 6. The fraction of sp³-hybridized carbons (Fsp3) is 0.375. The molecular weight excluding hydrogens is 518 g/mol. The maximum absolute atomic E-state index is 14.0. The van der Waals surface area contributed by atoms with Crippen LogP contribution in [0.4, 0.5) is 32.2 Å². The number of benzene rings is 1. The van der Waals surface area contributed by atoms with Gasteiger partial charge in [0.05, 0.1) is 24.6 Å². The number of piperazine rings is 1. The number of methoxy groups -OCH3 is 1. The van der Waals surface area contributed by atoms with Crippen LogP contribution in [0.5, 0.6) is 5.75 Å². The number of rotatable bonds is 8. The Morgan fingerprint density at radius 1 is 1.11 bits per heavy atom. The second-order valence-corrected chi connectivity index (χ2v) is 8.68. The number of aromatic amines is 1. The van der Waals surface area contributed by atoms with E-state index >= 15 is 0 Å². The highest BCUT2D eigenvalue weighted by Gasteiger charge is 2.47. The maximum atomic E-state index is 14.0. The first-order valence-electron chi connectivity index (χ1n) is 11.5. The van der Waals surface area contributed by atoms with Crippen molar-refractivity contribution in [3.63, 3.8) is 0 Å². The predicted octanol–water partition coefficient (Wildman–Crippen LogP) is 4.00. The Bertz CT molecular complexity index is 1240. The number of aromatic nitrogens is 3. The first kappa shape index (κ1) is 27.2. The van der Waals surface area contributed by atoms with Crippen LogP contribution in [0.2, 0.25) is 0 Å². The van der Waals surface area contributed by atoms with E-state index in [2.05, 4.69) is 20.5 Å². The molecule has 1 saturated heterocycles. The molecule has 0 aliphatic carbocycles. The average Bonchev–Trinajstić information content (AvgIpc) is 3.34. The van der Waals surface area contributed by atoms with E-state index < -0.39 is 30.5 Å². The molecule has 204 valence electrons. The molecule has 0 saturated carbocycles. The average molecular weight is 542 g/mol. The van der Waals surface area contributed by atoms with Gasteiger partial charge < -0.3 is 15.0 Å². The van der Waals surface area contributed by atoms with E-state index in [-0.39, 0.29) is 32.0 Å². The van der Waals surface area contributed by atoms with Gasteiger partial charge in [0.1, 0.15) is 17.6 Å². The number of amides is 1. The zero-order valence-corrected chi connectivity index (χ0v) is 20.1. The van der Waals surface area contributed by atoms with Gasteiger partial charge in [-0.1, -0.05) is 0 Å². The van der Waals surface area contributed by atoms with E-state index in [0.717, 1.165) is 17.0 Å². The lowest BCUT2D eigenvalue weighted by Crippen LogP contribution is -2.59. The first-order valence-corrected chi connectivity index (χ1v) is 11.5. The van der Waals surface area contributed by atoms with Crippen LogP contribution >= 0.6 is 0 Å². The lowest BCUT2D eigenvalue weighted by atomic mass is 10.0. The molecule has 2 N–H and O–H groups in total. The minimum absolute atomic E-state index is 0.0836. The van der Waals surface area contributed by atoms with Crippen molar-refractivity contribution in [3.05, 3.63) is 59.4 Å². The monoisotopic (exact) mass is 542 g/mol. The fourth-order valence-electron chi connectivity index (χ4n) is 4.41. The molecule has 0 bridgehead atoms. The molecule has 1 aliphatic rings. The number of carbonyl (C=O) groups is 1. The summed E-state index contributed by atoms with van der Waals surface area (Å²) in [5.41, 5.74) is 1.65. The van der Waals surface area contributed by atoms with E-state index in [9.17, 15) is 31.1 Å². The second-order valence-electron chi connectivity index (χ2n) is 8.68. The Hall–Kier alpha value is -3.81. The first-order chi connectivity index (χ1) is 18.0. The standard InChI is InChI=1S/C24H24F6N6O2/c1-38-19-4-2-15(8-16(19)9-31-14-37)22-17(10-33-34-22)12-35-6-7-36(20(13-35)24(28,29)30)21-5-3-18(11-32-21)23(25,26)27/h2-5,8,10-11,14,20H,6-7,9,12-13H2,1H3,(H,31,37)(H,33,34)/t20-/m1/s1. The Labute approximate surface area is 213 Å². The normalized spacial score (nSPS) is 16.9. The van der Waals surface area contributed by atoms with E-state index in [1.165, 1.54) is 13.3 Å². The molecule has 3 aromatic rings. The third-order valence-electron chi connectivity index (χ3n) is 6.27. The Kier molecular flexibility index (Phi) is 7.81. The van der Waals surface area contributed by atoms with Crippen molar-refractivity contribution in [2.24, 2.45) is 0 Å². The van der Waals surface area contributed by atoms with Crippen molar-refractivity contribution in [2.75, 3.05) is 31.6 Å². The Morgan fingerprint density at radius 3 is 2.53 bits per heavy atom. The number of halogens is 6. The van der Waals surface area contributed by atoms with E-state index in [4.69, 9.17) is 4.74 Å². The number of H-pyrrole nitrogens is 1. The van der Waals surface area contributed by atoms with Crippen molar-refractivity contribution in [1.82, 2.24) is 25.4 Å². The predicted molar refractivity (Wildman–Crippen MR) is 125 cm³/mol. The number of anilines is 1. The summed E-state index contributed by atoms with van der Waals surface area (Å²) in [6.07, 6.45) is -6.63. The van der Waals surface area contributed by atoms with Crippen LogP contribution in [0.1, 0.15) is 16.7 Å². The highest BCUT2D eigenvalue weighted by atomic mass is 19.4. The molecule has 2 aromatic heterocycles. The minimum atomic E-state index is -4.64. The van der Waals surface area contributed by atoms with Crippen LogP contribution in [0.15, 0.2) is 42.7 Å². The molecule has 1 fully saturated rings. The van der Waals surface area contributed by atoms with Crippen molar-refractivity contribution < 1.29 is 35.9 Å². The quantitative estimate of drug-likeness (QED) is 0.331. The molecule has 0 spiro atoms. The summed E-state index contributed by atoms with van der Waals surface area (Å²) in [5.74, 6) is 0.392. The van der Waals surface area contributed by atoms with Gasteiger partial charge in [0.25, 0.3) is 0 Å². The molecule has 14 heteroatoms. The molecule has 38 heavy (non-hydrogen) atoms. The van der Waals surface area contributed by atoms with Crippen molar-refractivity contribution in [3.8, 4) is 17.0 Å². The summed E-state index contributed by atoms with van der Waals surface area (Å²) in [6, 6.07) is 5.01. The zero-order chi connectivity index (χ0) is 27.5. The summed E-state index contributed by atoms with van der Waals surface area (Å²) < 4.78 is 86.0. The van der Waals surface area contributed by atoms with E-state index in [1.54, 1.807) is 23.1 Å². The summed E-state index contributed by atoms with van der Waals surface area (Å²) in [5, 5.41) is 9.52. The molecule has 1 aromatic carbocycles. The Morgan fingerprint density at radius 2 is 1.89 bits per heavy atom. The SMILES string of the molecule is COc1ccc(-c2[nH]ncc2CN2CCN(c3ccc(C(F)(F)F)cn3)[C@@H](C(F)(F)F)C2)cc1CNC=O. The molecule has 8 nitrogen and oxygen atoms in total. The number of hydrogen-bond donors (Lipinski definition) is 2. The lowest BCUT2D eigenvalue weighted by Gasteiger charge is -2.42. The van der Waals surface area contributed by atoms with Crippen LogP contribution in [0.25, 0.3) is 11.3 Å². The van der Waals surface area contributed by atoms with Gasteiger partial charge >= 0.3 is 12.4 Å². The van der Waals surface area contributed by atoms with Crippen LogP contribution in [0.3, 0.4) is 0 Å². The highest BCUT2D eigenvalue weighted by Crippen LogP contribution is 2.34. The smallest absolute Gasteiger partial charge is 0.417 e. The van der Waals surface area contributed by atoms with Crippen molar-refractivity contribution >= 4 is 12.2 Å². The highest BCUT2D eigenvalue weighted by molar-refractivity contribution is 5.65. The van der Waals surface area contributed by atoms with Gasteiger partial charge in [-0.15, -0.1) is 0 Å². The molecule has 1 amide bonds. The maximum Gasteiger partial charge on any atom is 0.417 e. The van der Waals surface area contributed by atoms with Crippen LogP contribution in [-0.2, 0) is 24.1 Å². The summed E-state index contributed by atoms with van der Waals surface area (Å²) in [4.78, 5) is 17.0. The molecule has 3 heterocycles. The van der Waals surface area contributed by atoms with E-state index in [0.29, 0.717) is 40.7 Å². The zero-order valence-electron chi connectivity index (χ0n) is 20.1. The number of nitrogens with zero attached hydrogens (tertiary/aromatic N) is 4. The largest absolute Gasteiger partial charge is 0.496 e. The minimum Gasteiger partial charge on any atom is -0.496 e. The number of pyridine rings is 1. The lowest BCUT2D eigenvalue weighted by molar-refractivity contribution is -0.157. The van der Waals surface area contributed by atoms with Gasteiger partial charge in [-0.3, -0.25) is 14.8 Å². The topological polar surface area (TPSA) is 86.4 Å². The van der Waals surface area contributed by atoms with Gasteiger partial charge in [0.2, 0.25) is 6.41 Å². The molecule has 4 rings (SSSR count). The summed E-state index contributed by atoms with van der Waals surface area (Å²) in [6.45, 7) is 0.0998. The van der Waals surface area contributed by atoms with Gasteiger partial charge in [-0.25, -0.2) is 4.98 Å². The number of ether oxygens (including phenoxy) is 1. The summed E-state index contributed by atoms with van der Waals surface area (Å²) in [7, 11) is 1.50. The third-order valence-corrected chi connectivity index (χ3v) is 6.27. The molecule has 0 radical (unpaired) electrons. The fourth-order valence-corrected chi connectivity index (χ4v) is 4.41. The van der Waals surface area contributed by atoms with Crippen LogP contribution < -0.4 is 15.0 Å². The van der Waals surface area contributed by atoms with E-state index in [1.807, 2.05) is 0 Å². The van der Waals surface area contributed by atoms with Crippen LogP contribution in [-0.4, -0.2) is 65.5 Å². The molecule has 1 aliphatic heterocycles. The molecular formula is C24H24F6N6O2. The second kappa shape index (κ2) is 10.9. The molecule has 0 unspecified atom stereocenters. The van der Waals surface area contributed by atoms with Gasteiger partial charge in [-0.05, 0) is 30.3 Å². The number of carbonyl (C=O) groups excluding carboxylic acids is 1. The summed E-state index contributed by atoms with van der Waals surface area (Å²) >= 11 is 0. The number of hydrogen-bond acceptors (Lipinski definition) is 6. The third kappa shape index (κ3) is 6.01. The molecule has 1 atom stereocenters. The van der Waals surface area contributed by atoms with Crippen LogP contribution in [0, 0.1) is 0 Å². The van der Waals surface area contributed by atoms with Crippen molar-refractivity contribution in [1.29, 1.82) is 0 Å². The van der Waals surface area contributed by atoms with Crippen molar-refractivity contribution in [2.45, 2.75) is 31.5 Å². The van der Waals surface area contributed by atoms with Gasteiger partial charge in [0, 0.05) is 55.6 Å². The Balaban J connectivity index is 1.53. The number of nitrogens with one attached hydrogen (secondary N) is 2.